The molecule has 0 saturated carbocycles. The molecule has 0 unspecified atom stereocenters. The van der Waals surface area contributed by atoms with Gasteiger partial charge in [-0.05, 0) is 11.8 Å². The van der Waals surface area contributed by atoms with E-state index in [0.29, 0.717) is 6.61 Å². The van der Waals surface area contributed by atoms with Gasteiger partial charge in [-0.1, -0.05) is 0 Å². The van der Waals surface area contributed by atoms with E-state index < -0.39 is 10.8 Å². The van der Waals surface area contributed by atoms with Gasteiger partial charge >= 0.3 is 11.8 Å². The van der Waals surface area contributed by atoms with Crippen molar-refractivity contribution in [3.05, 3.63) is 22.4 Å². The van der Waals surface area contributed by atoms with Gasteiger partial charge in [0.1, 0.15) is 6.54 Å². The van der Waals surface area contributed by atoms with E-state index in [2.05, 4.69) is 25.6 Å². The lowest BCUT2D eigenvalue weighted by Gasteiger charge is -1.98. The quantitative estimate of drug-likeness (QED) is 0.558. The van der Waals surface area contributed by atoms with Gasteiger partial charge in [0, 0.05) is 0 Å². The highest BCUT2D eigenvalue weighted by Crippen LogP contribution is 2.07. The van der Waals surface area contributed by atoms with Crippen LogP contribution in [-0.2, 0) is 11.3 Å². The fourth-order valence-corrected chi connectivity index (χ4v) is 1.35. The van der Waals surface area contributed by atoms with Gasteiger partial charge in [0.2, 0.25) is 5.95 Å². The molecule has 0 bridgehead atoms. The highest BCUT2D eigenvalue weighted by atomic mass is 16.6. The average Bonchev–Trinajstić information content (AvgIpc) is 2.99. The minimum atomic E-state index is -0.640. The van der Waals surface area contributed by atoms with Crippen molar-refractivity contribution in [2.45, 2.75) is 13.5 Å². The molecule has 2 aromatic rings. The maximum Gasteiger partial charge on any atom is 0.389 e. The Bertz CT molecular complexity index is 619. The molecule has 2 aromatic heterocycles. The Labute approximate surface area is 112 Å². The topological polar surface area (TPSA) is 141 Å². The second kappa shape index (κ2) is 5.77. The first-order valence-corrected chi connectivity index (χ1v) is 5.61. The van der Waals surface area contributed by atoms with Gasteiger partial charge in [-0.25, -0.2) is 5.10 Å². The van der Waals surface area contributed by atoms with Gasteiger partial charge in [0.25, 0.3) is 5.91 Å². The summed E-state index contributed by atoms with van der Waals surface area (Å²) >= 11 is 0. The van der Waals surface area contributed by atoms with Crippen molar-refractivity contribution in [3.8, 4) is 6.01 Å². The van der Waals surface area contributed by atoms with E-state index >= 15 is 0 Å². The highest BCUT2D eigenvalue weighted by molar-refractivity contribution is 5.88. The van der Waals surface area contributed by atoms with Crippen molar-refractivity contribution in [1.29, 1.82) is 0 Å². The third kappa shape index (κ3) is 3.28. The Kier molecular flexibility index (Phi) is 3.88. The van der Waals surface area contributed by atoms with Crippen LogP contribution in [0.15, 0.2) is 12.3 Å². The van der Waals surface area contributed by atoms with Crippen molar-refractivity contribution in [2.24, 2.45) is 0 Å². The summed E-state index contributed by atoms with van der Waals surface area (Å²) in [6.07, 6.45) is 1.34. The van der Waals surface area contributed by atoms with Crippen LogP contribution < -0.4 is 10.1 Å². The molecule has 0 fully saturated rings. The van der Waals surface area contributed by atoms with Gasteiger partial charge in [0.15, 0.2) is 0 Å². The van der Waals surface area contributed by atoms with Crippen LogP contribution >= 0.6 is 0 Å². The van der Waals surface area contributed by atoms with Crippen molar-refractivity contribution in [3.63, 3.8) is 0 Å². The lowest BCUT2D eigenvalue weighted by atomic mass is 10.6. The number of hydrogen-bond donors (Lipinski definition) is 2. The van der Waals surface area contributed by atoms with Crippen LogP contribution in [0.3, 0.4) is 0 Å². The zero-order valence-electron chi connectivity index (χ0n) is 10.4. The molecule has 11 nitrogen and oxygen atoms in total. The monoisotopic (exact) mass is 281 g/mol. The summed E-state index contributed by atoms with van der Waals surface area (Å²) in [6, 6.07) is 1.33. The number of amides is 1. The van der Waals surface area contributed by atoms with E-state index in [1.54, 1.807) is 6.92 Å². The lowest BCUT2D eigenvalue weighted by Crippen LogP contribution is -2.19. The van der Waals surface area contributed by atoms with E-state index in [1.807, 2.05) is 0 Å². The first-order valence-electron chi connectivity index (χ1n) is 5.61. The van der Waals surface area contributed by atoms with E-state index in [4.69, 9.17) is 4.74 Å². The molecule has 20 heavy (non-hydrogen) atoms. The molecular formula is C9H11N7O4. The smallest absolute Gasteiger partial charge is 0.389 e. The highest BCUT2D eigenvalue weighted by Gasteiger charge is 2.14. The van der Waals surface area contributed by atoms with Crippen LogP contribution in [0, 0.1) is 10.1 Å². The van der Waals surface area contributed by atoms with Crippen LogP contribution in [0.2, 0.25) is 0 Å². The number of ether oxygens (including phenoxy) is 1. The molecular weight excluding hydrogens is 270 g/mol. The van der Waals surface area contributed by atoms with Crippen LogP contribution in [0.1, 0.15) is 6.92 Å². The summed E-state index contributed by atoms with van der Waals surface area (Å²) in [7, 11) is 0. The Hall–Kier alpha value is -2.98. The third-order valence-electron chi connectivity index (χ3n) is 2.12. The maximum atomic E-state index is 11.7. The fraction of sp³-hybridized carbons (Fsp3) is 0.333. The average molecular weight is 281 g/mol. The van der Waals surface area contributed by atoms with Crippen LogP contribution in [0.5, 0.6) is 6.01 Å². The molecule has 1 amide bonds. The molecule has 2 heterocycles. The number of nitrogens with one attached hydrogen (secondary N) is 2. The summed E-state index contributed by atoms with van der Waals surface area (Å²) in [4.78, 5) is 25.3. The van der Waals surface area contributed by atoms with Crippen molar-refractivity contribution in [2.75, 3.05) is 11.9 Å². The molecule has 106 valence electrons. The largest absolute Gasteiger partial charge is 0.463 e. The predicted octanol–water partition coefficient (Wildman–Crippen LogP) is -0.0532. The number of H-pyrrole nitrogens is 1. The second-order valence-electron chi connectivity index (χ2n) is 3.58. The molecule has 2 N–H and O–H groups in total. The van der Waals surface area contributed by atoms with Gasteiger partial charge in [-0.2, -0.15) is 9.67 Å². The Morgan fingerprint density at radius 1 is 1.65 bits per heavy atom. The van der Waals surface area contributed by atoms with Gasteiger partial charge in [-0.3, -0.25) is 10.1 Å². The number of nitro groups is 1. The molecule has 0 atom stereocenters. The Morgan fingerprint density at radius 2 is 2.45 bits per heavy atom. The standard InChI is InChI=1S/C9H11N7O4/c1-2-20-9-11-8(12-13-9)10-7(17)5-15-4-3-6(14-15)16(18)19/h3-4H,2,5H2,1H3,(H2,10,11,12,13,17). The van der Waals surface area contributed by atoms with Gasteiger partial charge in [0.05, 0.1) is 24.0 Å². The van der Waals surface area contributed by atoms with E-state index in [-0.39, 0.29) is 24.3 Å². The van der Waals surface area contributed by atoms with Crippen molar-refractivity contribution in [1.82, 2.24) is 25.0 Å². The number of anilines is 1. The normalized spacial score (nSPS) is 10.2. The number of hydrogen-bond acceptors (Lipinski definition) is 7. The van der Waals surface area contributed by atoms with Crippen LogP contribution in [0.25, 0.3) is 0 Å². The minimum Gasteiger partial charge on any atom is -0.463 e. The molecule has 0 aromatic carbocycles. The summed E-state index contributed by atoms with van der Waals surface area (Å²) in [5.41, 5.74) is 0. The minimum absolute atomic E-state index is 0.123. The number of aromatic amines is 1. The first-order chi connectivity index (χ1) is 9.58. The number of aromatic nitrogens is 5. The third-order valence-corrected chi connectivity index (χ3v) is 2.12. The van der Waals surface area contributed by atoms with E-state index in [9.17, 15) is 14.9 Å². The number of carbonyl (C=O) groups excluding carboxylic acids is 1. The van der Waals surface area contributed by atoms with Crippen LogP contribution in [-0.4, -0.2) is 42.4 Å². The lowest BCUT2D eigenvalue weighted by molar-refractivity contribution is -0.389. The predicted molar refractivity (Wildman–Crippen MR) is 65.1 cm³/mol. The molecule has 11 heteroatoms. The van der Waals surface area contributed by atoms with E-state index in [0.717, 1.165) is 4.68 Å². The zero-order chi connectivity index (χ0) is 14.5. The Morgan fingerprint density at radius 3 is 3.10 bits per heavy atom. The summed E-state index contributed by atoms with van der Waals surface area (Å²) in [5.74, 6) is -0.654. The molecule has 0 aliphatic rings. The maximum absolute atomic E-state index is 11.7. The molecule has 0 spiro atoms. The van der Waals surface area contributed by atoms with Crippen molar-refractivity contribution < 1.29 is 14.5 Å². The molecule has 0 saturated heterocycles. The fourth-order valence-electron chi connectivity index (χ4n) is 1.35. The number of nitrogens with zero attached hydrogens (tertiary/aromatic N) is 5. The molecule has 2 rings (SSSR count). The summed E-state index contributed by atoms with van der Waals surface area (Å²) < 4.78 is 6.16. The SMILES string of the molecule is CCOc1n[nH]c(NC(=O)Cn2ccc([N+](=O)[O-])n2)n1. The number of rotatable bonds is 6. The Balaban J connectivity index is 1.92. The molecule has 0 radical (unpaired) electrons. The summed E-state index contributed by atoms with van der Waals surface area (Å²) in [6.45, 7) is 2.00. The molecule has 0 aliphatic carbocycles. The summed E-state index contributed by atoms with van der Waals surface area (Å²) in [5, 5.41) is 22.7. The first kappa shape index (κ1) is 13.5. The van der Waals surface area contributed by atoms with Crippen molar-refractivity contribution >= 4 is 17.7 Å². The zero-order valence-corrected chi connectivity index (χ0v) is 10.4. The van der Waals surface area contributed by atoms with E-state index in [1.165, 1.54) is 12.3 Å². The van der Waals surface area contributed by atoms with Gasteiger partial charge in [-0.15, -0.1) is 5.10 Å². The molecule has 0 aliphatic heterocycles. The van der Waals surface area contributed by atoms with Crippen LogP contribution in [0.4, 0.5) is 11.8 Å². The number of carbonyl (C=O) groups is 1. The second-order valence-corrected chi connectivity index (χ2v) is 3.58. The van der Waals surface area contributed by atoms with Gasteiger partial charge < -0.3 is 14.9 Å².